The number of fused-ring (bicyclic) bond motifs is 1. The van der Waals surface area contributed by atoms with Gasteiger partial charge in [-0.1, -0.05) is 25.1 Å². The third-order valence-corrected chi connectivity index (χ3v) is 4.13. The van der Waals surface area contributed by atoms with Crippen LogP contribution in [0, 0.1) is 6.92 Å². The fraction of sp³-hybridized carbons (Fsp3) is 0.312. The summed E-state index contributed by atoms with van der Waals surface area (Å²) in [6.07, 6.45) is 0. The Bertz CT molecular complexity index is 701. The SMILES string of the molecule is Cc1c(NN)nnc2c1CN(C(=O)c1ccccc1)CC2C. The smallest absolute Gasteiger partial charge is 0.254 e. The number of benzene rings is 1. The lowest BCUT2D eigenvalue weighted by atomic mass is 9.93. The highest BCUT2D eigenvalue weighted by Gasteiger charge is 2.29. The van der Waals surface area contributed by atoms with Crippen LogP contribution in [0.25, 0.3) is 0 Å². The van der Waals surface area contributed by atoms with Gasteiger partial charge in [-0.3, -0.25) is 4.79 Å². The number of hydrogen-bond acceptors (Lipinski definition) is 5. The van der Waals surface area contributed by atoms with Crippen LogP contribution in [0.2, 0.25) is 0 Å². The van der Waals surface area contributed by atoms with Gasteiger partial charge in [0.15, 0.2) is 5.82 Å². The molecule has 2 heterocycles. The van der Waals surface area contributed by atoms with E-state index >= 15 is 0 Å². The zero-order valence-electron chi connectivity index (χ0n) is 12.7. The molecule has 6 nitrogen and oxygen atoms in total. The topological polar surface area (TPSA) is 84.1 Å². The lowest BCUT2D eigenvalue weighted by Crippen LogP contribution is -2.38. The molecule has 1 unspecified atom stereocenters. The average Bonchev–Trinajstić information content (AvgIpc) is 2.56. The first kappa shape index (κ1) is 14.5. The molecule has 0 spiro atoms. The van der Waals surface area contributed by atoms with E-state index in [-0.39, 0.29) is 11.8 Å². The fourth-order valence-corrected chi connectivity index (χ4v) is 2.90. The van der Waals surface area contributed by atoms with Gasteiger partial charge in [-0.15, -0.1) is 5.10 Å². The molecule has 1 aliphatic rings. The van der Waals surface area contributed by atoms with Crippen molar-refractivity contribution in [3.8, 4) is 0 Å². The molecule has 1 aromatic carbocycles. The van der Waals surface area contributed by atoms with E-state index in [1.807, 2.05) is 42.2 Å². The van der Waals surface area contributed by atoms with Gasteiger partial charge < -0.3 is 10.3 Å². The van der Waals surface area contributed by atoms with Crippen LogP contribution in [-0.2, 0) is 6.54 Å². The van der Waals surface area contributed by atoms with E-state index in [2.05, 4.69) is 22.5 Å². The van der Waals surface area contributed by atoms with Crippen molar-refractivity contribution in [2.75, 3.05) is 12.0 Å². The van der Waals surface area contributed by atoms with Crippen LogP contribution in [0.4, 0.5) is 5.82 Å². The quantitative estimate of drug-likeness (QED) is 0.652. The molecule has 0 saturated heterocycles. The Morgan fingerprint density at radius 1 is 1.32 bits per heavy atom. The monoisotopic (exact) mass is 297 g/mol. The van der Waals surface area contributed by atoms with Crippen LogP contribution in [-0.4, -0.2) is 27.5 Å². The maximum absolute atomic E-state index is 12.7. The molecule has 1 amide bonds. The van der Waals surface area contributed by atoms with Gasteiger partial charge >= 0.3 is 0 Å². The summed E-state index contributed by atoms with van der Waals surface area (Å²) < 4.78 is 0. The largest absolute Gasteiger partial charge is 0.334 e. The zero-order chi connectivity index (χ0) is 15.7. The molecule has 114 valence electrons. The highest BCUT2D eigenvalue weighted by molar-refractivity contribution is 5.94. The highest BCUT2D eigenvalue weighted by atomic mass is 16.2. The number of aromatic nitrogens is 2. The van der Waals surface area contributed by atoms with Gasteiger partial charge in [0.25, 0.3) is 5.91 Å². The zero-order valence-corrected chi connectivity index (χ0v) is 12.7. The molecule has 1 aromatic heterocycles. The van der Waals surface area contributed by atoms with Crippen molar-refractivity contribution in [3.05, 3.63) is 52.7 Å². The number of nitrogen functional groups attached to an aromatic ring is 1. The Balaban J connectivity index is 1.95. The first-order chi connectivity index (χ1) is 10.6. The van der Waals surface area contributed by atoms with Crippen molar-refractivity contribution in [1.82, 2.24) is 15.1 Å². The molecule has 6 heteroatoms. The molecule has 0 bridgehead atoms. The van der Waals surface area contributed by atoms with Crippen molar-refractivity contribution in [1.29, 1.82) is 0 Å². The first-order valence-corrected chi connectivity index (χ1v) is 7.28. The maximum Gasteiger partial charge on any atom is 0.254 e. The van der Waals surface area contributed by atoms with E-state index in [0.29, 0.717) is 24.5 Å². The number of rotatable bonds is 2. The minimum Gasteiger partial charge on any atom is -0.334 e. The van der Waals surface area contributed by atoms with Crippen LogP contribution >= 0.6 is 0 Å². The molecule has 0 saturated carbocycles. The highest BCUT2D eigenvalue weighted by Crippen LogP contribution is 2.30. The second kappa shape index (κ2) is 5.73. The normalized spacial score (nSPS) is 17.0. The Morgan fingerprint density at radius 2 is 2.05 bits per heavy atom. The summed E-state index contributed by atoms with van der Waals surface area (Å²) in [4.78, 5) is 14.5. The third-order valence-electron chi connectivity index (χ3n) is 4.13. The lowest BCUT2D eigenvalue weighted by molar-refractivity contribution is 0.0718. The predicted octanol–water partition coefficient (Wildman–Crippen LogP) is 1.83. The van der Waals surface area contributed by atoms with Gasteiger partial charge in [-0.05, 0) is 19.1 Å². The number of nitrogens with zero attached hydrogens (tertiary/aromatic N) is 3. The fourth-order valence-electron chi connectivity index (χ4n) is 2.90. The Labute approximate surface area is 129 Å². The maximum atomic E-state index is 12.7. The average molecular weight is 297 g/mol. The number of carbonyl (C=O) groups is 1. The lowest BCUT2D eigenvalue weighted by Gasteiger charge is -2.33. The van der Waals surface area contributed by atoms with Gasteiger partial charge in [0, 0.05) is 35.7 Å². The summed E-state index contributed by atoms with van der Waals surface area (Å²) in [6, 6.07) is 9.34. The van der Waals surface area contributed by atoms with Crippen molar-refractivity contribution in [2.45, 2.75) is 26.3 Å². The second-order valence-electron chi connectivity index (χ2n) is 5.63. The number of nitrogens with one attached hydrogen (secondary N) is 1. The van der Waals surface area contributed by atoms with Crippen LogP contribution in [0.15, 0.2) is 30.3 Å². The van der Waals surface area contributed by atoms with Crippen LogP contribution in [0.5, 0.6) is 0 Å². The van der Waals surface area contributed by atoms with Crippen molar-refractivity contribution >= 4 is 11.7 Å². The van der Waals surface area contributed by atoms with Crippen molar-refractivity contribution in [3.63, 3.8) is 0 Å². The Kier molecular flexibility index (Phi) is 3.77. The molecule has 22 heavy (non-hydrogen) atoms. The minimum absolute atomic E-state index is 0.0385. The van der Waals surface area contributed by atoms with E-state index in [0.717, 1.165) is 16.8 Å². The number of amides is 1. The number of hydrazine groups is 1. The van der Waals surface area contributed by atoms with E-state index in [1.54, 1.807) is 0 Å². The molecular formula is C16H19N5O. The molecule has 0 fully saturated rings. The Morgan fingerprint density at radius 3 is 2.73 bits per heavy atom. The van der Waals surface area contributed by atoms with Gasteiger partial charge in [0.2, 0.25) is 0 Å². The standard InChI is InChI=1S/C16H19N5O/c1-10-8-21(16(22)12-6-4-3-5-7-12)9-13-11(2)15(18-17)20-19-14(10)13/h3-7,10H,8-9,17H2,1-2H3,(H,18,20). The number of anilines is 1. The first-order valence-electron chi connectivity index (χ1n) is 7.28. The molecule has 3 N–H and O–H groups in total. The minimum atomic E-state index is 0.0385. The molecule has 1 aliphatic heterocycles. The van der Waals surface area contributed by atoms with Crippen LogP contribution in [0.1, 0.15) is 40.0 Å². The van der Waals surface area contributed by atoms with E-state index in [9.17, 15) is 4.79 Å². The second-order valence-corrected chi connectivity index (χ2v) is 5.63. The summed E-state index contributed by atoms with van der Waals surface area (Å²) >= 11 is 0. The van der Waals surface area contributed by atoms with Crippen molar-refractivity contribution in [2.24, 2.45) is 5.84 Å². The third kappa shape index (κ3) is 2.42. The summed E-state index contributed by atoms with van der Waals surface area (Å²) in [5.41, 5.74) is 6.20. The van der Waals surface area contributed by atoms with E-state index in [1.165, 1.54) is 0 Å². The molecule has 2 aromatic rings. The summed E-state index contributed by atoms with van der Waals surface area (Å²) in [6.45, 7) is 5.19. The molecule has 0 aliphatic carbocycles. The predicted molar refractivity (Wildman–Crippen MR) is 84.2 cm³/mol. The van der Waals surface area contributed by atoms with Gasteiger partial charge in [-0.2, -0.15) is 5.10 Å². The Hall–Kier alpha value is -2.47. The van der Waals surface area contributed by atoms with Gasteiger partial charge in [0.1, 0.15) is 0 Å². The van der Waals surface area contributed by atoms with E-state index in [4.69, 9.17) is 5.84 Å². The van der Waals surface area contributed by atoms with Gasteiger partial charge in [0.05, 0.1) is 5.69 Å². The van der Waals surface area contributed by atoms with Crippen LogP contribution < -0.4 is 11.3 Å². The van der Waals surface area contributed by atoms with Crippen molar-refractivity contribution < 1.29 is 4.79 Å². The van der Waals surface area contributed by atoms with Crippen LogP contribution in [0.3, 0.4) is 0 Å². The van der Waals surface area contributed by atoms with E-state index < -0.39 is 0 Å². The molecular weight excluding hydrogens is 278 g/mol. The number of hydrogen-bond donors (Lipinski definition) is 2. The number of carbonyl (C=O) groups excluding carboxylic acids is 1. The number of nitrogens with two attached hydrogens (primary N) is 1. The molecule has 0 radical (unpaired) electrons. The molecule has 3 rings (SSSR count). The summed E-state index contributed by atoms with van der Waals surface area (Å²) in [5, 5.41) is 8.37. The summed E-state index contributed by atoms with van der Waals surface area (Å²) in [7, 11) is 0. The summed E-state index contributed by atoms with van der Waals surface area (Å²) in [5.74, 6) is 6.21. The molecule has 1 atom stereocenters. The van der Waals surface area contributed by atoms with Gasteiger partial charge in [-0.25, -0.2) is 5.84 Å².